The van der Waals surface area contributed by atoms with Crippen molar-refractivity contribution in [3.05, 3.63) is 45.9 Å². The van der Waals surface area contributed by atoms with Gasteiger partial charge in [-0.15, -0.1) is 11.3 Å². The van der Waals surface area contributed by atoms with Crippen LogP contribution in [0.1, 0.15) is 66.5 Å². The summed E-state index contributed by atoms with van der Waals surface area (Å²) in [6.45, 7) is 7.40. The minimum atomic E-state index is -0.329. The highest BCUT2D eigenvalue weighted by molar-refractivity contribution is 7.09. The molecule has 174 valence electrons. The highest BCUT2D eigenvalue weighted by Gasteiger charge is 2.25. The number of ether oxygens (including phenoxy) is 1. The first kappa shape index (κ1) is 24.2. The topological polar surface area (TPSA) is 83.6 Å². The summed E-state index contributed by atoms with van der Waals surface area (Å²) in [6, 6.07) is 7.00. The summed E-state index contributed by atoms with van der Waals surface area (Å²) in [6.07, 6.45) is 6.17. The summed E-state index contributed by atoms with van der Waals surface area (Å²) in [5, 5.41) is 3.17. The predicted octanol–water partition coefficient (Wildman–Crippen LogP) is 4.08. The zero-order chi connectivity index (χ0) is 22.8. The van der Waals surface area contributed by atoms with Crippen molar-refractivity contribution in [1.82, 2.24) is 20.7 Å². The van der Waals surface area contributed by atoms with Crippen molar-refractivity contribution < 1.29 is 14.3 Å². The average Bonchev–Trinajstić information content (AvgIpc) is 3.22. The number of carbonyl (C=O) groups excluding carboxylic acids is 2. The number of aryl methyl sites for hydroxylation is 1. The lowest BCUT2D eigenvalue weighted by Crippen LogP contribution is -2.47. The van der Waals surface area contributed by atoms with E-state index in [0.29, 0.717) is 12.2 Å². The molecule has 3 rings (SSSR count). The number of likely N-dealkylation sites (tertiary alicyclic amines) is 1. The first-order valence-corrected chi connectivity index (χ1v) is 12.4. The molecule has 0 spiro atoms. The third-order valence-corrected chi connectivity index (χ3v) is 6.52. The van der Waals surface area contributed by atoms with Gasteiger partial charge in [-0.25, -0.2) is 4.98 Å². The number of rotatable bonds is 10. The van der Waals surface area contributed by atoms with Gasteiger partial charge in [-0.1, -0.05) is 26.2 Å². The minimum Gasteiger partial charge on any atom is -0.494 e. The molecule has 0 saturated carbocycles. The number of unbranched alkanes of at least 4 members (excludes halogenated alkanes) is 3. The van der Waals surface area contributed by atoms with E-state index in [-0.39, 0.29) is 17.7 Å². The number of thiazole rings is 1. The van der Waals surface area contributed by atoms with Crippen molar-refractivity contribution in [2.45, 2.75) is 58.9 Å². The molecule has 32 heavy (non-hydrogen) atoms. The maximum Gasteiger partial charge on any atom is 0.269 e. The first-order valence-electron chi connectivity index (χ1n) is 11.5. The van der Waals surface area contributed by atoms with Gasteiger partial charge in [-0.3, -0.25) is 25.3 Å². The standard InChI is InChI=1S/C24H34N4O3S/c1-3-4-5-6-15-31-22-9-7-19(8-10-22)23(29)26-27-24(30)20-11-13-28(14-12-20)16-21-17-32-18(2)25-21/h7-10,17,20H,3-6,11-16H2,1-2H3,(H,26,29)(H,27,30). The van der Waals surface area contributed by atoms with E-state index < -0.39 is 0 Å². The van der Waals surface area contributed by atoms with E-state index in [1.165, 1.54) is 19.3 Å². The Morgan fingerprint density at radius 1 is 1.12 bits per heavy atom. The van der Waals surface area contributed by atoms with E-state index in [2.05, 4.69) is 33.0 Å². The highest BCUT2D eigenvalue weighted by Crippen LogP contribution is 2.20. The molecule has 0 aliphatic carbocycles. The number of benzene rings is 1. The van der Waals surface area contributed by atoms with Gasteiger partial charge in [0.1, 0.15) is 5.75 Å². The van der Waals surface area contributed by atoms with Crippen LogP contribution in [-0.4, -0.2) is 41.4 Å². The van der Waals surface area contributed by atoms with Gasteiger partial charge < -0.3 is 4.74 Å². The van der Waals surface area contributed by atoms with E-state index >= 15 is 0 Å². The van der Waals surface area contributed by atoms with Crippen molar-refractivity contribution in [3.8, 4) is 5.75 Å². The first-order chi connectivity index (χ1) is 15.5. The van der Waals surface area contributed by atoms with Gasteiger partial charge in [-0.2, -0.15) is 0 Å². The molecule has 1 saturated heterocycles. The lowest BCUT2D eigenvalue weighted by molar-refractivity contribution is -0.127. The summed E-state index contributed by atoms with van der Waals surface area (Å²) in [4.78, 5) is 31.7. The summed E-state index contributed by atoms with van der Waals surface area (Å²) >= 11 is 1.66. The van der Waals surface area contributed by atoms with Crippen molar-refractivity contribution in [2.24, 2.45) is 5.92 Å². The maximum atomic E-state index is 12.5. The molecule has 7 nitrogen and oxygen atoms in total. The van der Waals surface area contributed by atoms with Gasteiger partial charge in [0.15, 0.2) is 0 Å². The molecule has 2 aromatic rings. The molecule has 0 unspecified atom stereocenters. The fourth-order valence-electron chi connectivity index (χ4n) is 3.78. The molecule has 1 aromatic carbocycles. The molecule has 2 amide bonds. The highest BCUT2D eigenvalue weighted by atomic mass is 32.1. The third kappa shape index (κ3) is 7.60. The lowest BCUT2D eigenvalue weighted by atomic mass is 9.96. The summed E-state index contributed by atoms with van der Waals surface area (Å²) < 4.78 is 5.70. The van der Waals surface area contributed by atoms with E-state index in [0.717, 1.165) is 55.3 Å². The van der Waals surface area contributed by atoms with Crippen LogP contribution in [0.2, 0.25) is 0 Å². The van der Waals surface area contributed by atoms with E-state index in [4.69, 9.17) is 4.74 Å². The molecule has 2 heterocycles. The van der Waals surface area contributed by atoms with E-state index in [1.54, 1.807) is 35.6 Å². The molecule has 0 atom stereocenters. The Morgan fingerprint density at radius 3 is 2.53 bits per heavy atom. The SMILES string of the molecule is CCCCCCOc1ccc(C(=O)NNC(=O)C2CCN(Cc3csc(C)n3)CC2)cc1. The van der Waals surface area contributed by atoms with Crippen LogP contribution in [0.25, 0.3) is 0 Å². The van der Waals surface area contributed by atoms with Crippen molar-refractivity contribution in [2.75, 3.05) is 19.7 Å². The smallest absolute Gasteiger partial charge is 0.269 e. The molecule has 8 heteroatoms. The van der Waals surface area contributed by atoms with Crippen LogP contribution in [-0.2, 0) is 11.3 Å². The predicted molar refractivity (Wildman–Crippen MR) is 127 cm³/mol. The number of carbonyl (C=O) groups is 2. The normalized spacial score (nSPS) is 14.8. The van der Waals surface area contributed by atoms with Crippen LogP contribution in [0.5, 0.6) is 5.75 Å². The van der Waals surface area contributed by atoms with E-state index in [9.17, 15) is 9.59 Å². The Hall–Kier alpha value is -2.45. The van der Waals surface area contributed by atoms with Crippen LogP contribution in [0.15, 0.2) is 29.6 Å². The fraction of sp³-hybridized carbons (Fsp3) is 0.542. The number of hydrogen-bond acceptors (Lipinski definition) is 6. The number of nitrogens with one attached hydrogen (secondary N) is 2. The molecular weight excluding hydrogens is 424 g/mol. The summed E-state index contributed by atoms with van der Waals surface area (Å²) in [5.74, 6) is 0.201. The molecule has 1 aliphatic rings. The molecule has 0 radical (unpaired) electrons. The number of aromatic nitrogens is 1. The zero-order valence-corrected chi connectivity index (χ0v) is 19.9. The van der Waals surface area contributed by atoms with Gasteiger partial charge in [-0.05, 0) is 63.5 Å². The van der Waals surface area contributed by atoms with Crippen LogP contribution >= 0.6 is 11.3 Å². The van der Waals surface area contributed by atoms with Crippen molar-refractivity contribution in [1.29, 1.82) is 0 Å². The zero-order valence-electron chi connectivity index (χ0n) is 19.1. The quantitative estimate of drug-likeness (QED) is 0.414. The number of nitrogens with zero attached hydrogens (tertiary/aromatic N) is 2. The van der Waals surface area contributed by atoms with Crippen LogP contribution in [0.4, 0.5) is 0 Å². The Labute approximate surface area is 194 Å². The minimum absolute atomic E-state index is 0.0906. The van der Waals surface area contributed by atoms with Gasteiger partial charge in [0.05, 0.1) is 17.3 Å². The molecule has 0 bridgehead atoms. The second kappa shape index (κ2) is 12.6. The van der Waals surface area contributed by atoms with Crippen LogP contribution < -0.4 is 15.6 Å². The molecule has 1 aromatic heterocycles. The maximum absolute atomic E-state index is 12.5. The van der Waals surface area contributed by atoms with Crippen LogP contribution in [0, 0.1) is 12.8 Å². The number of amides is 2. The second-order valence-electron chi connectivity index (χ2n) is 8.29. The molecule has 1 aliphatic heterocycles. The summed E-state index contributed by atoms with van der Waals surface area (Å²) in [5.41, 5.74) is 6.70. The summed E-state index contributed by atoms with van der Waals surface area (Å²) in [7, 11) is 0. The van der Waals surface area contributed by atoms with Gasteiger partial charge in [0.2, 0.25) is 5.91 Å². The molecule has 1 fully saturated rings. The Kier molecular flexibility index (Phi) is 9.49. The largest absolute Gasteiger partial charge is 0.494 e. The monoisotopic (exact) mass is 458 g/mol. The number of hydrazine groups is 1. The lowest BCUT2D eigenvalue weighted by Gasteiger charge is -2.30. The molecule has 2 N–H and O–H groups in total. The fourth-order valence-corrected chi connectivity index (χ4v) is 4.38. The van der Waals surface area contributed by atoms with Gasteiger partial charge in [0, 0.05) is 23.4 Å². The van der Waals surface area contributed by atoms with Crippen molar-refractivity contribution >= 4 is 23.2 Å². The van der Waals surface area contributed by atoms with Gasteiger partial charge in [0.25, 0.3) is 5.91 Å². The van der Waals surface area contributed by atoms with Crippen molar-refractivity contribution in [3.63, 3.8) is 0 Å². The third-order valence-electron chi connectivity index (χ3n) is 5.69. The Morgan fingerprint density at radius 2 is 1.88 bits per heavy atom. The second-order valence-corrected chi connectivity index (χ2v) is 9.35. The average molecular weight is 459 g/mol. The molecular formula is C24H34N4O3S. The number of piperidine rings is 1. The number of hydrogen-bond donors (Lipinski definition) is 2. The van der Waals surface area contributed by atoms with Gasteiger partial charge >= 0.3 is 0 Å². The Balaban J connectivity index is 1.35. The van der Waals surface area contributed by atoms with Crippen LogP contribution in [0.3, 0.4) is 0 Å². The van der Waals surface area contributed by atoms with E-state index in [1.807, 2.05) is 6.92 Å². The Bertz CT molecular complexity index is 860.